The van der Waals surface area contributed by atoms with E-state index < -0.39 is 5.82 Å². The van der Waals surface area contributed by atoms with Crippen LogP contribution in [-0.2, 0) is 4.79 Å². The molecule has 0 atom stereocenters. The fourth-order valence-corrected chi connectivity index (χ4v) is 1.91. The highest BCUT2D eigenvalue weighted by Gasteiger charge is 2.05. The summed E-state index contributed by atoms with van der Waals surface area (Å²) in [6.45, 7) is 2.08. The Morgan fingerprint density at radius 2 is 2.00 bits per heavy atom. The third-order valence-electron chi connectivity index (χ3n) is 2.79. The first-order valence-corrected chi connectivity index (χ1v) is 6.48. The molecule has 2 N–H and O–H groups in total. The Labute approximate surface area is 121 Å². The molecule has 104 valence electrons. The lowest BCUT2D eigenvalue weighted by Crippen LogP contribution is -2.22. The zero-order valence-corrected chi connectivity index (χ0v) is 11.7. The second kappa shape index (κ2) is 6.39. The lowest BCUT2D eigenvalue weighted by molar-refractivity contribution is -0.114. The zero-order chi connectivity index (χ0) is 14.5. The molecule has 1 amide bonds. The van der Waals surface area contributed by atoms with Gasteiger partial charge in [-0.05, 0) is 36.8 Å². The molecule has 20 heavy (non-hydrogen) atoms. The lowest BCUT2D eigenvalue weighted by atomic mass is 10.2. The van der Waals surface area contributed by atoms with Crippen LogP contribution in [0.4, 0.5) is 15.8 Å². The predicted octanol–water partition coefficient (Wildman–Crippen LogP) is 3.84. The van der Waals surface area contributed by atoms with Crippen LogP contribution in [0, 0.1) is 12.7 Å². The summed E-state index contributed by atoms with van der Waals surface area (Å²) < 4.78 is 13.0. The van der Waals surface area contributed by atoms with E-state index in [4.69, 9.17) is 11.6 Å². The van der Waals surface area contributed by atoms with E-state index in [2.05, 4.69) is 10.6 Å². The minimum Gasteiger partial charge on any atom is -0.376 e. The van der Waals surface area contributed by atoms with E-state index in [0.717, 1.165) is 11.3 Å². The van der Waals surface area contributed by atoms with Crippen LogP contribution < -0.4 is 10.6 Å². The van der Waals surface area contributed by atoms with Crippen LogP contribution in [0.25, 0.3) is 0 Å². The Balaban J connectivity index is 1.93. The van der Waals surface area contributed by atoms with Gasteiger partial charge in [-0.1, -0.05) is 29.8 Å². The number of carbonyl (C=O) groups is 1. The van der Waals surface area contributed by atoms with Gasteiger partial charge in [0.2, 0.25) is 5.91 Å². The normalized spacial score (nSPS) is 10.2. The summed E-state index contributed by atoms with van der Waals surface area (Å²) in [4.78, 5) is 11.8. The summed E-state index contributed by atoms with van der Waals surface area (Å²) in [6.07, 6.45) is 0. The Kier molecular flexibility index (Phi) is 4.58. The molecule has 0 unspecified atom stereocenters. The van der Waals surface area contributed by atoms with Crippen LogP contribution in [0.3, 0.4) is 0 Å². The minimum atomic E-state index is -0.511. The minimum absolute atomic E-state index is 0.0188. The van der Waals surface area contributed by atoms with Crippen LogP contribution in [0.5, 0.6) is 0 Å². The smallest absolute Gasteiger partial charge is 0.243 e. The van der Waals surface area contributed by atoms with Crippen LogP contribution in [-0.4, -0.2) is 12.5 Å². The first-order valence-electron chi connectivity index (χ1n) is 6.10. The molecule has 0 bridgehead atoms. The number of carbonyl (C=O) groups excluding carboxylic acids is 1. The fourth-order valence-electron chi connectivity index (χ4n) is 1.73. The highest BCUT2D eigenvalue weighted by atomic mass is 35.5. The molecule has 0 heterocycles. The molecule has 5 heteroatoms. The summed E-state index contributed by atoms with van der Waals surface area (Å²) in [7, 11) is 0. The monoisotopic (exact) mass is 292 g/mol. The number of amides is 1. The number of rotatable bonds is 4. The summed E-state index contributed by atoms with van der Waals surface area (Å²) in [5.41, 5.74) is 2.43. The van der Waals surface area contributed by atoms with Crippen molar-refractivity contribution in [2.45, 2.75) is 6.92 Å². The van der Waals surface area contributed by atoms with Crippen molar-refractivity contribution in [3.63, 3.8) is 0 Å². The Morgan fingerprint density at radius 1 is 1.25 bits per heavy atom. The lowest BCUT2D eigenvalue weighted by Gasteiger charge is -2.10. The van der Waals surface area contributed by atoms with E-state index >= 15 is 0 Å². The SMILES string of the molecule is Cc1ccccc1NCC(=O)Nc1ccc(F)c(Cl)c1. The van der Waals surface area contributed by atoms with Crippen LogP contribution in [0.1, 0.15) is 5.56 Å². The van der Waals surface area contributed by atoms with E-state index in [9.17, 15) is 9.18 Å². The number of nitrogens with one attached hydrogen (secondary N) is 2. The third-order valence-corrected chi connectivity index (χ3v) is 3.08. The fraction of sp³-hybridized carbons (Fsp3) is 0.133. The van der Waals surface area contributed by atoms with Gasteiger partial charge in [-0.3, -0.25) is 4.79 Å². The van der Waals surface area contributed by atoms with Gasteiger partial charge >= 0.3 is 0 Å². The molecule has 0 aliphatic carbocycles. The van der Waals surface area contributed by atoms with Gasteiger partial charge in [0.25, 0.3) is 0 Å². The number of para-hydroxylation sites is 1. The van der Waals surface area contributed by atoms with E-state index in [1.54, 1.807) is 0 Å². The van der Waals surface area contributed by atoms with Gasteiger partial charge < -0.3 is 10.6 Å². The third kappa shape index (κ3) is 3.71. The number of halogens is 2. The van der Waals surface area contributed by atoms with Crippen molar-refractivity contribution in [3.05, 3.63) is 58.9 Å². The van der Waals surface area contributed by atoms with Gasteiger partial charge in [0.15, 0.2) is 0 Å². The summed E-state index contributed by atoms with van der Waals surface area (Å²) in [5, 5.41) is 5.67. The maximum atomic E-state index is 13.0. The van der Waals surface area contributed by atoms with Gasteiger partial charge in [0.05, 0.1) is 11.6 Å². The van der Waals surface area contributed by atoms with Crippen molar-refractivity contribution in [1.29, 1.82) is 0 Å². The Morgan fingerprint density at radius 3 is 2.70 bits per heavy atom. The van der Waals surface area contributed by atoms with Crippen molar-refractivity contribution in [2.75, 3.05) is 17.2 Å². The standard InChI is InChI=1S/C15H14ClFN2O/c1-10-4-2-3-5-14(10)18-9-15(20)19-11-6-7-13(17)12(16)8-11/h2-8,18H,9H2,1H3,(H,19,20). The first kappa shape index (κ1) is 14.3. The van der Waals surface area contributed by atoms with Gasteiger partial charge in [-0.15, -0.1) is 0 Å². The van der Waals surface area contributed by atoms with Crippen LogP contribution >= 0.6 is 11.6 Å². The molecule has 0 radical (unpaired) electrons. The maximum absolute atomic E-state index is 13.0. The number of anilines is 2. The summed E-state index contributed by atoms with van der Waals surface area (Å²) in [6, 6.07) is 11.7. The van der Waals surface area contributed by atoms with Gasteiger partial charge in [-0.2, -0.15) is 0 Å². The Bertz CT molecular complexity index is 631. The molecule has 0 aliphatic rings. The zero-order valence-electron chi connectivity index (χ0n) is 10.9. The van der Waals surface area contributed by atoms with E-state index in [1.807, 2.05) is 31.2 Å². The maximum Gasteiger partial charge on any atom is 0.243 e. The summed E-state index contributed by atoms with van der Waals surface area (Å²) in [5.74, 6) is -0.737. The number of benzene rings is 2. The molecule has 2 rings (SSSR count). The largest absolute Gasteiger partial charge is 0.376 e. The second-order valence-corrected chi connectivity index (χ2v) is 4.75. The molecular formula is C15H14ClFN2O. The van der Waals surface area contributed by atoms with Crippen molar-refractivity contribution >= 4 is 28.9 Å². The first-order chi connectivity index (χ1) is 9.56. The number of aryl methyl sites for hydroxylation is 1. The molecule has 3 nitrogen and oxygen atoms in total. The van der Waals surface area contributed by atoms with E-state index in [0.29, 0.717) is 5.69 Å². The molecular weight excluding hydrogens is 279 g/mol. The molecule has 2 aromatic rings. The molecule has 0 saturated carbocycles. The topological polar surface area (TPSA) is 41.1 Å². The van der Waals surface area contributed by atoms with Gasteiger partial charge in [-0.25, -0.2) is 4.39 Å². The van der Waals surface area contributed by atoms with Gasteiger partial charge in [0.1, 0.15) is 5.82 Å². The highest BCUT2D eigenvalue weighted by Crippen LogP contribution is 2.19. The van der Waals surface area contributed by atoms with Crippen molar-refractivity contribution < 1.29 is 9.18 Å². The second-order valence-electron chi connectivity index (χ2n) is 4.35. The number of hydrogen-bond acceptors (Lipinski definition) is 2. The Hall–Kier alpha value is -2.07. The molecule has 0 saturated heterocycles. The average Bonchev–Trinajstić information content (AvgIpc) is 2.42. The molecule has 2 aromatic carbocycles. The van der Waals surface area contributed by atoms with Crippen molar-refractivity contribution in [3.8, 4) is 0 Å². The van der Waals surface area contributed by atoms with E-state index in [-0.39, 0.29) is 17.5 Å². The molecule has 0 fully saturated rings. The quantitative estimate of drug-likeness (QED) is 0.899. The van der Waals surface area contributed by atoms with Gasteiger partial charge in [0, 0.05) is 11.4 Å². The number of hydrogen-bond donors (Lipinski definition) is 2. The van der Waals surface area contributed by atoms with Crippen molar-refractivity contribution in [1.82, 2.24) is 0 Å². The summed E-state index contributed by atoms with van der Waals surface area (Å²) >= 11 is 5.65. The highest BCUT2D eigenvalue weighted by molar-refractivity contribution is 6.31. The van der Waals surface area contributed by atoms with Crippen LogP contribution in [0.2, 0.25) is 5.02 Å². The molecule has 0 spiro atoms. The molecule has 0 aliphatic heterocycles. The molecule has 0 aromatic heterocycles. The predicted molar refractivity (Wildman–Crippen MR) is 79.7 cm³/mol. The van der Waals surface area contributed by atoms with E-state index in [1.165, 1.54) is 18.2 Å². The van der Waals surface area contributed by atoms with Crippen molar-refractivity contribution in [2.24, 2.45) is 0 Å². The average molecular weight is 293 g/mol. The van der Waals surface area contributed by atoms with Crippen LogP contribution in [0.15, 0.2) is 42.5 Å².